The minimum atomic E-state index is -1.13. The lowest BCUT2D eigenvalue weighted by molar-refractivity contribution is -0.132. The average Bonchev–Trinajstić information content (AvgIpc) is 3.72. The van der Waals surface area contributed by atoms with Gasteiger partial charge in [0, 0.05) is 43.5 Å². The van der Waals surface area contributed by atoms with Crippen LogP contribution in [0, 0.1) is 18.8 Å². The van der Waals surface area contributed by atoms with Crippen LogP contribution in [0.2, 0.25) is 0 Å². The molecule has 6 rings (SSSR count). The number of amides is 3. The van der Waals surface area contributed by atoms with Crippen LogP contribution in [0.1, 0.15) is 62.5 Å². The molecule has 1 aliphatic carbocycles. The Kier molecular flexibility index (Phi) is 11.1. The Morgan fingerprint density at radius 3 is 2.47 bits per heavy atom. The number of hydrogen-bond donors (Lipinski definition) is 3. The molecular weight excluding hydrogens is 612 g/mol. The van der Waals surface area contributed by atoms with Crippen molar-refractivity contribution in [1.29, 1.82) is 0 Å². The van der Waals surface area contributed by atoms with Crippen LogP contribution in [0.15, 0.2) is 54.6 Å². The van der Waals surface area contributed by atoms with E-state index < -0.39 is 17.7 Å². The molecule has 10 heteroatoms. The molecule has 3 aliphatic rings. The maximum Gasteiger partial charge on any atom is 0.414 e. The number of nitrogens with one attached hydrogen (secondary N) is 3. The van der Waals surface area contributed by atoms with Gasteiger partial charge in [-0.05, 0) is 93.0 Å². The van der Waals surface area contributed by atoms with E-state index in [0.717, 1.165) is 98.5 Å². The first kappa shape index (κ1) is 33.4. The molecule has 47 heavy (non-hydrogen) atoms. The van der Waals surface area contributed by atoms with Gasteiger partial charge >= 0.3 is 6.09 Å². The molecule has 3 N–H and O–H groups in total. The molecule has 2 aliphatic heterocycles. The minimum Gasteiger partial charge on any atom is -0.399 e. The Balaban J connectivity index is 1.06. The highest BCUT2D eigenvalue weighted by atomic mass is 32.1. The van der Waals surface area contributed by atoms with Crippen LogP contribution in [-0.2, 0) is 20.7 Å². The molecule has 2 aromatic carbocycles. The van der Waals surface area contributed by atoms with Crippen molar-refractivity contribution in [2.75, 3.05) is 39.4 Å². The number of carbonyl (C=O) groups is 3. The first-order chi connectivity index (χ1) is 22.8. The monoisotopic (exact) mass is 660 g/mol. The predicted molar refractivity (Wildman–Crippen MR) is 185 cm³/mol. The molecule has 2 saturated heterocycles. The molecule has 3 aromatic rings. The summed E-state index contributed by atoms with van der Waals surface area (Å²) in [4.78, 5) is 43.4. The van der Waals surface area contributed by atoms with Gasteiger partial charge in [-0.25, -0.2) is 4.79 Å². The van der Waals surface area contributed by atoms with Crippen molar-refractivity contribution in [2.24, 2.45) is 11.8 Å². The first-order valence-corrected chi connectivity index (χ1v) is 18.1. The second kappa shape index (κ2) is 15.6. The highest BCUT2D eigenvalue weighted by molar-refractivity contribution is 7.20. The maximum atomic E-state index is 14.0. The number of benzene rings is 2. The maximum absolute atomic E-state index is 14.0. The number of fused-ring (bicyclic) bond motifs is 1. The molecule has 0 unspecified atom stereocenters. The van der Waals surface area contributed by atoms with Crippen molar-refractivity contribution in [3.63, 3.8) is 0 Å². The normalized spacial score (nSPS) is 19.7. The summed E-state index contributed by atoms with van der Waals surface area (Å²) in [6, 6.07) is 16.9. The number of piperidine rings is 1. The van der Waals surface area contributed by atoms with Gasteiger partial charge in [0.15, 0.2) is 5.06 Å². The standard InChI is InChI=1S/C37H48N4O5S/c1-26-9-10-30-23-33(47-32(30)21-26)46-36(44)40-37(15-5-6-16-37)35(43)39-31(22-27-7-3-2-4-8-27)34(42)38-24-28-11-17-41(18-12-28)25-29-13-19-45-20-14-29/h2-4,7-10,21,23,28-29,31H,5-6,11-20,22,24-25H2,1H3,(H,38,42)(H,39,43)(H,40,44)/t31-/m1/s1. The Labute approximate surface area is 281 Å². The molecule has 0 bridgehead atoms. The van der Waals surface area contributed by atoms with E-state index >= 15 is 0 Å². The predicted octanol–water partition coefficient (Wildman–Crippen LogP) is 5.59. The third kappa shape index (κ3) is 8.91. The molecule has 1 atom stereocenters. The van der Waals surface area contributed by atoms with Crippen LogP contribution in [-0.4, -0.2) is 73.8 Å². The third-order valence-corrected chi connectivity index (χ3v) is 11.1. The zero-order valence-electron chi connectivity index (χ0n) is 27.4. The zero-order valence-corrected chi connectivity index (χ0v) is 28.2. The van der Waals surface area contributed by atoms with Gasteiger partial charge in [0.25, 0.3) is 0 Å². The lowest BCUT2D eigenvalue weighted by atomic mass is 9.93. The largest absolute Gasteiger partial charge is 0.414 e. The highest BCUT2D eigenvalue weighted by Crippen LogP contribution is 2.34. The minimum absolute atomic E-state index is 0.192. The fraction of sp³-hybridized carbons (Fsp3) is 0.541. The number of hydrogen-bond acceptors (Lipinski definition) is 7. The van der Waals surface area contributed by atoms with Crippen LogP contribution in [0.25, 0.3) is 10.1 Å². The number of thiophene rings is 1. The Morgan fingerprint density at radius 2 is 1.72 bits per heavy atom. The summed E-state index contributed by atoms with van der Waals surface area (Å²) in [6.07, 6.45) is 6.69. The SMILES string of the molecule is Cc1ccc2cc(OC(=O)NC3(C(=O)N[C@H](Cc4ccccc4)C(=O)NCC4CCN(CC5CCOCC5)CC4)CCCC3)sc2c1. The zero-order chi connectivity index (χ0) is 32.6. The van der Waals surface area contributed by atoms with Gasteiger partial charge in [-0.2, -0.15) is 0 Å². The number of carbonyl (C=O) groups excluding carboxylic acids is 3. The number of nitrogens with zero attached hydrogens (tertiary/aromatic N) is 1. The van der Waals surface area contributed by atoms with Gasteiger partial charge in [0.05, 0.1) is 0 Å². The van der Waals surface area contributed by atoms with Crippen molar-refractivity contribution < 1.29 is 23.9 Å². The topological polar surface area (TPSA) is 109 Å². The molecule has 9 nitrogen and oxygen atoms in total. The fourth-order valence-corrected chi connectivity index (χ4v) is 8.26. The smallest absolute Gasteiger partial charge is 0.399 e. The molecule has 3 heterocycles. The molecule has 3 fully saturated rings. The van der Waals surface area contributed by atoms with Crippen LogP contribution in [0.4, 0.5) is 4.79 Å². The summed E-state index contributed by atoms with van der Waals surface area (Å²) in [7, 11) is 0. The number of rotatable bonds is 11. The number of likely N-dealkylation sites (tertiary alicyclic amines) is 1. The molecule has 1 saturated carbocycles. The van der Waals surface area contributed by atoms with Gasteiger partial charge in [-0.3, -0.25) is 9.59 Å². The molecule has 252 valence electrons. The molecule has 3 amide bonds. The lowest BCUT2D eigenvalue weighted by Gasteiger charge is -2.35. The fourth-order valence-electron chi connectivity index (χ4n) is 7.25. The summed E-state index contributed by atoms with van der Waals surface area (Å²) >= 11 is 1.40. The Bertz CT molecular complexity index is 1510. The van der Waals surface area contributed by atoms with Crippen LogP contribution in [0.3, 0.4) is 0 Å². The molecule has 0 radical (unpaired) electrons. The number of ether oxygens (including phenoxy) is 2. The van der Waals surface area contributed by atoms with Gasteiger partial charge in [-0.15, -0.1) is 0 Å². The summed E-state index contributed by atoms with van der Waals surface area (Å²) in [5.41, 5.74) is 0.969. The van der Waals surface area contributed by atoms with E-state index in [1.54, 1.807) is 0 Å². The van der Waals surface area contributed by atoms with Crippen molar-refractivity contribution in [2.45, 2.75) is 76.3 Å². The highest BCUT2D eigenvalue weighted by Gasteiger charge is 2.44. The van der Waals surface area contributed by atoms with Gasteiger partial charge in [-0.1, -0.05) is 66.6 Å². The summed E-state index contributed by atoms with van der Waals surface area (Å²) < 4.78 is 12.2. The summed E-state index contributed by atoms with van der Waals surface area (Å²) in [6.45, 7) is 7.61. The summed E-state index contributed by atoms with van der Waals surface area (Å²) in [5.74, 6) is 0.606. The second-order valence-electron chi connectivity index (χ2n) is 13.7. The van der Waals surface area contributed by atoms with Crippen molar-refractivity contribution in [3.8, 4) is 5.06 Å². The van der Waals surface area contributed by atoms with E-state index in [-0.39, 0.29) is 11.8 Å². The van der Waals surface area contributed by atoms with E-state index in [9.17, 15) is 14.4 Å². The molecule has 0 spiro atoms. The van der Waals surface area contributed by atoms with Crippen molar-refractivity contribution in [1.82, 2.24) is 20.9 Å². The molecular formula is C37H48N4O5S. The second-order valence-corrected chi connectivity index (χ2v) is 14.7. The first-order valence-electron chi connectivity index (χ1n) is 17.3. The van der Waals surface area contributed by atoms with Gasteiger partial charge in [0.1, 0.15) is 11.6 Å². The number of aryl methyl sites for hydroxylation is 1. The van der Waals surface area contributed by atoms with E-state index in [4.69, 9.17) is 9.47 Å². The van der Waals surface area contributed by atoms with E-state index in [1.807, 2.05) is 55.5 Å². The Hall–Kier alpha value is -3.47. The Morgan fingerprint density at radius 1 is 0.979 bits per heavy atom. The van der Waals surface area contributed by atoms with Gasteiger partial charge in [0.2, 0.25) is 11.8 Å². The quantitative estimate of drug-likeness (QED) is 0.248. The lowest BCUT2D eigenvalue weighted by Crippen LogP contribution is -2.61. The van der Waals surface area contributed by atoms with Crippen molar-refractivity contribution >= 4 is 39.3 Å². The van der Waals surface area contributed by atoms with Crippen LogP contribution < -0.4 is 20.7 Å². The van der Waals surface area contributed by atoms with Gasteiger partial charge < -0.3 is 30.3 Å². The van der Waals surface area contributed by atoms with Crippen LogP contribution >= 0.6 is 11.3 Å². The van der Waals surface area contributed by atoms with Crippen molar-refractivity contribution in [3.05, 3.63) is 65.7 Å². The average molecular weight is 661 g/mol. The van der Waals surface area contributed by atoms with E-state index in [0.29, 0.717) is 36.8 Å². The van der Waals surface area contributed by atoms with E-state index in [1.165, 1.54) is 11.3 Å². The van der Waals surface area contributed by atoms with E-state index in [2.05, 4.69) is 26.9 Å². The van der Waals surface area contributed by atoms with Crippen LogP contribution in [0.5, 0.6) is 5.06 Å². The third-order valence-electron chi connectivity index (χ3n) is 10.1. The summed E-state index contributed by atoms with van der Waals surface area (Å²) in [5, 5.41) is 10.6. The molecule has 1 aromatic heterocycles.